The maximum absolute atomic E-state index is 12.3. The van der Waals surface area contributed by atoms with E-state index in [0.717, 1.165) is 11.1 Å². The third-order valence-corrected chi connectivity index (χ3v) is 3.76. The average molecular weight is 335 g/mol. The van der Waals surface area contributed by atoms with Crippen LogP contribution in [0.4, 0.5) is 5.69 Å². The van der Waals surface area contributed by atoms with Crippen LogP contribution in [-0.2, 0) is 0 Å². The molecule has 0 aliphatic carbocycles. The van der Waals surface area contributed by atoms with Gasteiger partial charge < -0.3 is 16.2 Å². The standard InChI is InChI=1S/C18H22N2O2.ClH/c1-13-7-8-16(19)11-17(13)18(22)20-12-15(9-10-21)14-5-3-2-4-6-14;/h2-8,11,15,21H,9-10,12,19H2,1H3,(H,20,22);1H. The van der Waals surface area contributed by atoms with Gasteiger partial charge in [0.25, 0.3) is 5.91 Å². The van der Waals surface area contributed by atoms with Crippen LogP contribution in [0.15, 0.2) is 48.5 Å². The van der Waals surface area contributed by atoms with Gasteiger partial charge in [-0.05, 0) is 36.6 Å². The molecule has 0 spiro atoms. The van der Waals surface area contributed by atoms with Gasteiger partial charge in [-0.3, -0.25) is 4.79 Å². The van der Waals surface area contributed by atoms with Gasteiger partial charge >= 0.3 is 0 Å². The van der Waals surface area contributed by atoms with Crippen molar-refractivity contribution >= 4 is 24.0 Å². The van der Waals surface area contributed by atoms with E-state index >= 15 is 0 Å². The first-order valence-electron chi connectivity index (χ1n) is 7.42. The maximum Gasteiger partial charge on any atom is 0.251 e. The minimum absolute atomic E-state index is 0. The fourth-order valence-electron chi connectivity index (χ4n) is 2.46. The van der Waals surface area contributed by atoms with E-state index in [4.69, 9.17) is 5.73 Å². The Bertz CT molecular complexity index is 632. The van der Waals surface area contributed by atoms with Crippen molar-refractivity contribution in [1.82, 2.24) is 5.32 Å². The van der Waals surface area contributed by atoms with Gasteiger partial charge in [0, 0.05) is 30.3 Å². The van der Waals surface area contributed by atoms with Crippen LogP contribution in [0, 0.1) is 6.92 Å². The van der Waals surface area contributed by atoms with Gasteiger partial charge in [-0.1, -0.05) is 36.4 Å². The molecule has 2 rings (SSSR count). The summed E-state index contributed by atoms with van der Waals surface area (Å²) in [6, 6.07) is 15.2. The largest absolute Gasteiger partial charge is 0.399 e. The SMILES string of the molecule is Cc1ccc(N)cc1C(=O)NCC(CCO)c1ccccc1.Cl. The molecule has 124 valence electrons. The maximum atomic E-state index is 12.3. The summed E-state index contributed by atoms with van der Waals surface area (Å²) in [6.07, 6.45) is 0.611. The van der Waals surface area contributed by atoms with Crippen LogP contribution in [-0.4, -0.2) is 24.2 Å². The number of hydrogen-bond donors (Lipinski definition) is 3. The topological polar surface area (TPSA) is 75.4 Å². The van der Waals surface area contributed by atoms with Gasteiger partial charge in [0.05, 0.1) is 0 Å². The highest BCUT2D eigenvalue weighted by atomic mass is 35.5. The molecule has 4 nitrogen and oxygen atoms in total. The van der Waals surface area contributed by atoms with E-state index in [-0.39, 0.29) is 30.8 Å². The van der Waals surface area contributed by atoms with E-state index in [1.807, 2.05) is 43.3 Å². The smallest absolute Gasteiger partial charge is 0.251 e. The fraction of sp³-hybridized carbons (Fsp3) is 0.278. The van der Waals surface area contributed by atoms with Gasteiger partial charge in [0.1, 0.15) is 0 Å². The quantitative estimate of drug-likeness (QED) is 0.711. The number of hydrogen-bond acceptors (Lipinski definition) is 3. The lowest BCUT2D eigenvalue weighted by atomic mass is 9.96. The minimum Gasteiger partial charge on any atom is -0.399 e. The van der Waals surface area contributed by atoms with Crippen molar-refractivity contribution in [3.05, 3.63) is 65.2 Å². The van der Waals surface area contributed by atoms with Crippen molar-refractivity contribution in [2.75, 3.05) is 18.9 Å². The molecule has 2 aromatic rings. The van der Waals surface area contributed by atoms with E-state index in [9.17, 15) is 9.90 Å². The lowest BCUT2D eigenvalue weighted by Crippen LogP contribution is -2.29. The molecule has 0 aliphatic rings. The predicted octanol–water partition coefficient (Wildman–Crippen LogP) is 2.90. The lowest BCUT2D eigenvalue weighted by Gasteiger charge is -2.17. The Balaban J connectivity index is 0.00000264. The van der Waals surface area contributed by atoms with Crippen molar-refractivity contribution in [3.63, 3.8) is 0 Å². The molecule has 0 saturated carbocycles. The summed E-state index contributed by atoms with van der Waals surface area (Å²) in [4.78, 5) is 12.3. The molecule has 0 radical (unpaired) electrons. The monoisotopic (exact) mass is 334 g/mol. The third kappa shape index (κ3) is 5.27. The average Bonchev–Trinajstić information content (AvgIpc) is 2.54. The summed E-state index contributed by atoms with van der Waals surface area (Å²) in [7, 11) is 0. The molecule has 0 saturated heterocycles. The minimum atomic E-state index is -0.135. The summed E-state index contributed by atoms with van der Waals surface area (Å²) in [5, 5.41) is 12.2. The molecule has 1 amide bonds. The molecule has 0 aromatic heterocycles. The first-order chi connectivity index (χ1) is 10.6. The number of aliphatic hydroxyl groups excluding tert-OH is 1. The van der Waals surface area contributed by atoms with Crippen LogP contribution < -0.4 is 11.1 Å². The van der Waals surface area contributed by atoms with Crippen LogP contribution >= 0.6 is 12.4 Å². The van der Waals surface area contributed by atoms with Gasteiger partial charge in [-0.15, -0.1) is 12.4 Å². The number of carbonyl (C=O) groups is 1. The molecule has 5 heteroatoms. The van der Waals surface area contributed by atoms with Crippen LogP contribution in [0.2, 0.25) is 0 Å². The molecule has 1 atom stereocenters. The van der Waals surface area contributed by atoms with Gasteiger partial charge in [0.15, 0.2) is 0 Å². The van der Waals surface area contributed by atoms with Crippen LogP contribution in [0.5, 0.6) is 0 Å². The number of benzene rings is 2. The Kier molecular flexibility index (Phi) is 7.59. The predicted molar refractivity (Wildman–Crippen MR) is 96.1 cm³/mol. The Hall–Kier alpha value is -2.04. The van der Waals surface area contributed by atoms with E-state index in [2.05, 4.69) is 5.32 Å². The highest BCUT2D eigenvalue weighted by Crippen LogP contribution is 2.19. The number of carbonyl (C=O) groups excluding carboxylic acids is 1. The van der Waals surface area contributed by atoms with Gasteiger partial charge in [-0.2, -0.15) is 0 Å². The van der Waals surface area contributed by atoms with Crippen molar-refractivity contribution in [3.8, 4) is 0 Å². The Labute approximate surface area is 143 Å². The van der Waals surface area contributed by atoms with Crippen molar-refractivity contribution in [2.45, 2.75) is 19.3 Å². The highest BCUT2D eigenvalue weighted by molar-refractivity contribution is 5.96. The summed E-state index contributed by atoms with van der Waals surface area (Å²) in [5.74, 6) is -0.0415. The zero-order valence-electron chi connectivity index (χ0n) is 13.2. The number of rotatable bonds is 6. The van der Waals surface area contributed by atoms with Crippen LogP contribution in [0.3, 0.4) is 0 Å². The number of amides is 1. The second-order valence-corrected chi connectivity index (χ2v) is 5.40. The number of halogens is 1. The molecule has 23 heavy (non-hydrogen) atoms. The second-order valence-electron chi connectivity index (χ2n) is 5.40. The molecule has 0 aliphatic heterocycles. The highest BCUT2D eigenvalue weighted by Gasteiger charge is 2.14. The lowest BCUT2D eigenvalue weighted by molar-refractivity contribution is 0.0948. The third-order valence-electron chi connectivity index (χ3n) is 3.76. The number of anilines is 1. The van der Waals surface area contributed by atoms with Crippen molar-refractivity contribution < 1.29 is 9.90 Å². The molecule has 0 heterocycles. The van der Waals surface area contributed by atoms with Gasteiger partial charge in [0.2, 0.25) is 0 Å². The molecule has 2 aromatic carbocycles. The van der Waals surface area contributed by atoms with Crippen LogP contribution in [0.1, 0.15) is 33.8 Å². The van der Waals surface area contributed by atoms with Crippen molar-refractivity contribution in [2.24, 2.45) is 0 Å². The zero-order valence-corrected chi connectivity index (χ0v) is 14.0. The summed E-state index contributed by atoms with van der Waals surface area (Å²) in [6.45, 7) is 2.46. The Morgan fingerprint density at radius 3 is 2.57 bits per heavy atom. The number of aryl methyl sites for hydroxylation is 1. The molecule has 0 fully saturated rings. The van der Waals surface area contributed by atoms with E-state index in [1.165, 1.54) is 0 Å². The Morgan fingerprint density at radius 1 is 1.22 bits per heavy atom. The molecule has 0 bridgehead atoms. The molecule has 1 unspecified atom stereocenters. The normalized spacial score (nSPS) is 11.4. The fourth-order valence-corrected chi connectivity index (χ4v) is 2.46. The van der Waals surface area contributed by atoms with Crippen molar-refractivity contribution in [1.29, 1.82) is 0 Å². The zero-order chi connectivity index (χ0) is 15.9. The van der Waals surface area contributed by atoms with E-state index in [0.29, 0.717) is 24.2 Å². The number of nitrogens with two attached hydrogens (primary N) is 1. The summed E-state index contributed by atoms with van der Waals surface area (Å²) in [5.41, 5.74) is 8.92. The summed E-state index contributed by atoms with van der Waals surface area (Å²) < 4.78 is 0. The van der Waals surface area contributed by atoms with Crippen LogP contribution in [0.25, 0.3) is 0 Å². The van der Waals surface area contributed by atoms with E-state index in [1.54, 1.807) is 12.1 Å². The summed E-state index contributed by atoms with van der Waals surface area (Å²) >= 11 is 0. The molecular formula is C18H23ClN2O2. The number of nitrogen functional groups attached to an aromatic ring is 1. The first kappa shape index (κ1) is 19.0. The molecule has 4 N–H and O–H groups in total. The second kappa shape index (κ2) is 9.18. The van der Waals surface area contributed by atoms with Gasteiger partial charge in [-0.25, -0.2) is 0 Å². The number of nitrogens with one attached hydrogen (secondary N) is 1. The molecular weight excluding hydrogens is 312 g/mol. The number of aliphatic hydroxyl groups is 1. The van der Waals surface area contributed by atoms with E-state index < -0.39 is 0 Å². The first-order valence-corrected chi connectivity index (χ1v) is 7.42. The Morgan fingerprint density at radius 2 is 1.91 bits per heavy atom.